The second kappa shape index (κ2) is 7.31. The molecule has 20 heavy (non-hydrogen) atoms. The van der Waals surface area contributed by atoms with Crippen LogP contribution in [0.3, 0.4) is 0 Å². The zero-order valence-corrected chi connectivity index (χ0v) is 19.2. The van der Waals surface area contributed by atoms with Gasteiger partial charge in [-0.15, -0.1) is 0 Å². The van der Waals surface area contributed by atoms with E-state index in [-0.39, 0.29) is 0 Å². The Bertz CT molecular complexity index is 322. The third-order valence-electron chi connectivity index (χ3n) is 5.30. The molecule has 0 aromatic carbocycles. The van der Waals surface area contributed by atoms with Crippen LogP contribution in [0.25, 0.3) is 0 Å². The lowest BCUT2D eigenvalue weighted by molar-refractivity contribution is 0.514. The summed E-state index contributed by atoms with van der Waals surface area (Å²) in [4.78, 5) is 0. The van der Waals surface area contributed by atoms with Crippen molar-refractivity contribution < 1.29 is 0 Å². The molecule has 0 aliphatic carbocycles. The molecule has 1 rings (SSSR count). The summed E-state index contributed by atoms with van der Waals surface area (Å²) < 4.78 is 14.1. The van der Waals surface area contributed by atoms with Gasteiger partial charge in [-0.05, 0) is 51.4 Å². The zero-order valence-electron chi connectivity index (χ0n) is 14.9. The molecule has 2 N–H and O–H groups in total. The molecule has 4 nitrogen and oxygen atoms in total. The first-order chi connectivity index (χ1) is 9.28. The van der Waals surface area contributed by atoms with Gasteiger partial charge in [0.05, 0.1) is 0 Å². The minimum atomic E-state index is -1.51. The Kier molecular flexibility index (Phi) is 6.86. The highest BCUT2D eigenvalue weighted by Crippen LogP contribution is 2.28. The predicted octanol–water partition coefficient (Wildman–Crippen LogP) is 1.71. The van der Waals surface area contributed by atoms with E-state index in [0.29, 0.717) is 0 Å². The van der Waals surface area contributed by atoms with Crippen molar-refractivity contribution >= 4 is 35.0 Å². The van der Waals surface area contributed by atoms with Gasteiger partial charge in [-0.1, -0.05) is 27.7 Å². The van der Waals surface area contributed by atoms with Crippen molar-refractivity contribution in [1.29, 1.82) is 0 Å². The standard InChI is InChI=1S/C12H36N4Si4/c1-9-15-18(6)13-17(5)14-19(7,11-3)16(10-2)20(15,8)12-4/h13-14,17-18H,9-12H2,1-8H3. The van der Waals surface area contributed by atoms with E-state index >= 15 is 0 Å². The first kappa shape index (κ1) is 18.8. The van der Waals surface area contributed by atoms with Crippen molar-refractivity contribution in [2.24, 2.45) is 0 Å². The lowest BCUT2D eigenvalue weighted by Gasteiger charge is -2.57. The molecule has 1 fully saturated rings. The Morgan fingerprint density at radius 1 is 0.950 bits per heavy atom. The van der Waals surface area contributed by atoms with Gasteiger partial charge >= 0.3 is 0 Å². The van der Waals surface area contributed by atoms with Crippen molar-refractivity contribution in [1.82, 2.24) is 17.8 Å². The van der Waals surface area contributed by atoms with E-state index in [1.165, 1.54) is 25.2 Å². The van der Waals surface area contributed by atoms with Crippen LogP contribution in [0.2, 0.25) is 38.3 Å². The van der Waals surface area contributed by atoms with E-state index in [1.54, 1.807) is 0 Å². The molecule has 4 unspecified atom stereocenters. The SMILES string of the molecule is CCN1[SiH](C)N[SiH](C)N[Si](C)(CC)N(CC)[Si]1(C)CC. The average Bonchev–Trinajstić information content (AvgIpc) is 2.38. The Morgan fingerprint density at radius 3 is 1.95 bits per heavy atom. The number of rotatable bonds is 4. The van der Waals surface area contributed by atoms with Crippen LogP contribution in [0, 0.1) is 0 Å². The Hall–Kier alpha value is 0.708. The Balaban J connectivity index is 3.31. The highest BCUT2D eigenvalue weighted by atomic mass is 28.5. The largest absolute Gasteiger partial charge is 0.341 e. The Morgan fingerprint density at radius 2 is 1.55 bits per heavy atom. The first-order valence-electron chi connectivity index (χ1n) is 8.37. The minimum Gasteiger partial charge on any atom is -0.341 e. The molecule has 0 radical (unpaired) electrons. The Labute approximate surface area is 132 Å². The van der Waals surface area contributed by atoms with E-state index in [2.05, 4.69) is 71.6 Å². The quantitative estimate of drug-likeness (QED) is 0.757. The lowest BCUT2D eigenvalue weighted by Crippen LogP contribution is -2.83. The molecule has 0 aromatic heterocycles. The van der Waals surface area contributed by atoms with Crippen LogP contribution in [-0.2, 0) is 0 Å². The van der Waals surface area contributed by atoms with Crippen LogP contribution < -0.4 is 9.30 Å². The maximum atomic E-state index is 4.15. The summed E-state index contributed by atoms with van der Waals surface area (Å²) in [6.45, 7) is 22.1. The maximum Gasteiger partial charge on any atom is 0.191 e. The second-order valence-corrected chi connectivity index (χ2v) is 21.4. The van der Waals surface area contributed by atoms with Gasteiger partial charge in [-0.3, -0.25) is 0 Å². The van der Waals surface area contributed by atoms with Gasteiger partial charge in [0, 0.05) is 0 Å². The van der Waals surface area contributed by atoms with E-state index < -0.39 is 35.0 Å². The zero-order chi connectivity index (χ0) is 15.6. The van der Waals surface area contributed by atoms with Gasteiger partial charge in [-0.2, -0.15) is 0 Å². The molecule has 0 aromatic rings. The number of hydrogen-bond acceptors (Lipinski definition) is 4. The molecule has 0 spiro atoms. The summed E-state index contributed by atoms with van der Waals surface area (Å²) in [6.07, 6.45) is 0. The van der Waals surface area contributed by atoms with Gasteiger partial charge < -0.3 is 17.8 Å². The molecule has 0 amide bonds. The highest BCUT2D eigenvalue weighted by Gasteiger charge is 2.50. The molecule has 1 aliphatic heterocycles. The topological polar surface area (TPSA) is 30.5 Å². The van der Waals surface area contributed by atoms with Gasteiger partial charge in [-0.25, -0.2) is 0 Å². The molecule has 1 aliphatic rings. The minimum absolute atomic E-state index is 0.981. The van der Waals surface area contributed by atoms with E-state index in [0.717, 1.165) is 0 Å². The van der Waals surface area contributed by atoms with Crippen LogP contribution in [0.4, 0.5) is 0 Å². The monoisotopic (exact) mass is 348 g/mol. The third-order valence-corrected chi connectivity index (χ3v) is 27.8. The fourth-order valence-corrected chi connectivity index (χ4v) is 29.6. The highest BCUT2D eigenvalue weighted by molar-refractivity contribution is 6.98. The summed E-state index contributed by atoms with van der Waals surface area (Å²) >= 11 is 0. The number of nitrogens with zero attached hydrogens (tertiary/aromatic N) is 2. The molecule has 120 valence electrons. The summed E-state index contributed by atoms with van der Waals surface area (Å²) in [6, 6.07) is 2.66. The van der Waals surface area contributed by atoms with E-state index in [9.17, 15) is 0 Å². The van der Waals surface area contributed by atoms with Crippen molar-refractivity contribution in [3.8, 4) is 0 Å². The molecule has 4 atom stereocenters. The average molecular weight is 349 g/mol. The fourth-order valence-electron chi connectivity index (χ4n) is 4.13. The maximum absolute atomic E-state index is 4.15. The van der Waals surface area contributed by atoms with Gasteiger partial charge in [0.1, 0.15) is 0 Å². The van der Waals surface area contributed by atoms with Crippen LogP contribution in [0.1, 0.15) is 27.7 Å². The molecule has 1 saturated heterocycles. The molecule has 1 heterocycles. The second-order valence-electron chi connectivity index (χ2n) is 6.44. The first-order valence-corrected chi connectivity index (χ1v) is 18.2. The van der Waals surface area contributed by atoms with Crippen molar-refractivity contribution in [2.75, 3.05) is 13.1 Å². The van der Waals surface area contributed by atoms with Gasteiger partial charge in [0.15, 0.2) is 35.0 Å². The predicted molar refractivity (Wildman–Crippen MR) is 101 cm³/mol. The van der Waals surface area contributed by atoms with Crippen molar-refractivity contribution in [3.05, 3.63) is 0 Å². The van der Waals surface area contributed by atoms with Crippen LogP contribution in [0.5, 0.6) is 0 Å². The third kappa shape index (κ3) is 3.37. The summed E-state index contributed by atoms with van der Waals surface area (Å²) in [5, 5.41) is 0. The molecular formula is C12H36N4Si4. The molecule has 0 saturated carbocycles. The van der Waals surface area contributed by atoms with Gasteiger partial charge in [0.2, 0.25) is 0 Å². The smallest absolute Gasteiger partial charge is 0.191 e. The summed E-state index contributed by atoms with van der Waals surface area (Å²) in [7, 11) is -4.98. The van der Waals surface area contributed by atoms with Crippen molar-refractivity contribution in [3.63, 3.8) is 0 Å². The van der Waals surface area contributed by atoms with Gasteiger partial charge in [0.25, 0.3) is 0 Å². The summed E-state index contributed by atoms with van der Waals surface area (Å²) in [5.41, 5.74) is 0. The van der Waals surface area contributed by atoms with Crippen LogP contribution in [-0.4, -0.2) is 56.6 Å². The number of hydrogen-bond donors (Lipinski definition) is 2. The molecule has 0 bridgehead atoms. The number of nitrogens with one attached hydrogen (secondary N) is 2. The van der Waals surface area contributed by atoms with E-state index in [1.807, 2.05) is 0 Å². The van der Waals surface area contributed by atoms with Crippen molar-refractivity contribution in [2.45, 2.75) is 66.0 Å². The normalized spacial score (nSPS) is 41.4. The van der Waals surface area contributed by atoms with E-state index in [4.69, 9.17) is 0 Å². The summed E-state index contributed by atoms with van der Waals surface area (Å²) in [5.74, 6) is 0. The van der Waals surface area contributed by atoms with Crippen LogP contribution in [0.15, 0.2) is 0 Å². The van der Waals surface area contributed by atoms with Crippen LogP contribution >= 0.6 is 0 Å². The molecule has 8 heteroatoms. The molecular weight excluding hydrogens is 313 g/mol. The lowest BCUT2D eigenvalue weighted by atomic mass is 10.8. The fraction of sp³-hybridized carbons (Fsp3) is 1.00.